The minimum Gasteiger partial charge on any atom is -0.381 e. The van der Waals surface area contributed by atoms with Crippen molar-refractivity contribution in [1.82, 2.24) is 14.5 Å². The van der Waals surface area contributed by atoms with Gasteiger partial charge in [0.2, 0.25) is 0 Å². The van der Waals surface area contributed by atoms with E-state index in [1.165, 1.54) is 70.2 Å². The fourth-order valence-electron chi connectivity index (χ4n) is 4.79. The number of hydrogen-bond donors (Lipinski definition) is 0. The predicted molar refractivity (Wildman–Crippen MR) is 86.7 cm³/mol. The number of aromatic nitrogens is 2. The van der Waals surface area contributed by atoms with Crippen LogP contribution in [0.3, 0.4) is 0 Å². The van der Waals surface area contributed by atoms with Crippen LogP contribution in [0.1, 0.15) is 63.1 Å². The molecule has 3 fully saturated rings. The molecule has 0 unspecified atom stereocenters. The van der Waals surface area contributed by atoms with Crippen LogP contribution in [0.25, 0.3) is 0 Å². The number of likely N-dealkylation sites (tertiary alicyclic amines) is 1. The normalized spacial score (nSPS) is 31.1. The minimum absolute atomic E-state index is 0.452. The summed E-state index contributed by atoms with van der Waals surface area (Å²) in [5.41, 5.74) is 1.87. The van der Waals surface area contributed by atoms with E-state index in [1.807, 2.05) is 0 Å². The first-order chi connectivity index (χ1) is 10.8. The standard InChI is InChI=1S/C18H29N3O/c1-2-5-16(6-3-1)21-15-19-11-17(21)12-20-9-4-7-18(13-20)8-10-22-14-18/h11,15-16H,1-10,12-14H2/t18-/m1/s1. The highest BCUT2D eigenvalue weighted by atomic mass is 16.5. The molecule has 1 spiro atoms. The van der Waals surface area contributed by atoms with Gasteiger partial charge in [-0.25, -0.2) is 4.98 Å². The van der Waals surface area contributed by atoms with E-state index in [0.29, 0.717) is 11.5 Å². The Morgan fingerprint density at radius 2 is 2.09 bits per heavy atom. The van der Waals surface area contributed by atoms with Crippen molar-refractivity contribution in [2.45, 2.75) is 64.0 Å². The fraction of sp³-hybridized carbons (Fsp3) is 0.833. The Bertz CT molecular complexity index is 486. The molecule has 4 heteroatoms. The summed E-state index contributed by atoms with van der Waals surface area (Å²) >= 11 is 0. The largest absolute Gasteiger partial charge is 0.381 e. The lowest BCUT2D eigenvalue weighted by Crippen LogP contribution is -2.43. The smallest absolute Gasteiger partial charge is 0.0951 e. The van der Waals surface area contributed by atoms with Crippen molar-refractivity contribution in [3.63, 3.8) is 0 Å². The molecule has 4 nitrogen and oxygen atoms in total. The van der Waals surface area contributed by atoms with Crippen LogP contribution in [-0.4, -0.2) is 40.8 Å². The van der Waals surface area contributed by atoms with Crippen LogP contribution in [0.4, 0.5) is 0 Å². The molecule has 1 aromatic heterocycles. The molecule has 1 saturated carbocycles. The van der Waals surface area contributed by atoms with Crippen LogP contribution >= 0.6 is 0 Å². The van der Waals surface area contributed by atoms with E-state index < -0.39 is 0 Å². The molecule has 4 rings (SSSR count). The quantitative estimate of drug-likeness (QED) is 0.857. The fourth-order valence-corrected chi connectivity index (χ4v) is 4.79. The maximum atomic E-state index is 5.70. The highest BCUT2D eigenvalue weighted by Crippen LogP contribution is 2.38. The summed E-state index contributed by atoms with van der Waals surface area (Å²) in [5, 5.41) is 0. The van der Waals surface area contributed by atoms with Crippen LogP contribution in [0.5, 0.6) is 0 Å². The Hall–Kier alpha value is -0.870. The molecule has 0 N–H and O–H groups in total. The molecule has 0 radical (unpaired) electrons. The Balaban J connectivity index is 1.43. The van der Waals surface area contributed by atoms with Gasteiger partial charge in [-0.15, -0.1) is 0 Å². The van der Waals surface area contributed by atoms with Crippen molar-refractivity contribution in [3.05, 3.63) is 18.2 Å². The topological polar surface area (TPSA) is 30.3 Å². The SMILES string of the molecule is c1ncn(C2CCCCC2)c1CN1CCC[C@@]2(CCOC2)C1. The van der Waals surface area contributed by atoms with Gasteiger partial charge in [-0.05, 0) is 38.6 Å². The van der Waals surface area contributed by atoms with E-state index in [-0.39, 0.29) is 0 Å². The lowest BCUT2D eigenvalue weighted by molar-refractivity contribution is 0.0628. The maximum absolute atomic E-state index is 5.70. The van der Waals surface area contributed by atoms with Gasteiger partial charge in [0.25, 0.3) is 0 Å². The Morgan fingerprint density at radius 1 is 1.18 bits per heavy atom. The average Bonchev–Trinajstić information content (AvgIpc) is 3.18. The zero-order valence-electron chi connectivity index (χ0n) is 13.7. The van der Waals surface area contributed by atoms with Gasteiger partial charge in [0.05, 0.1) is 18.6 Å². The van der Waals surface area contributed by atoms with Gasteiger partial charge >= 0.3 is 0 Å². The summed E-state index contributed by atoms with van der Waals surface area (Å²) in [6.45, 7) is 5.46. The van der Waals surface area contributed by atoms with Gasteiger partial charge in [-0.2, -0.15) is 0 Å². The molecule has 3 aliphatic rings. The Labute approximate surface area is 133 Å². The molecule has 2 saturated heterocycles. The molecule has 1 atom stereocenters. The number of rotatable bonds is 3. The molecular weight excluding hydrogens is 274 g/mol. The van der Waals surface area contributed by atoms with E-state index in [2.05, 4.69) is 27.0 Å². The summed E-state index contributed by atoms with van der Waals surface area (Å²) in [6.07, 6.45) is 14.9. The molecule has 22 heavy (non-hydrogen) atoms. The van der Waals surface area contributed by atoms with Crippen LogP contribution in [0.15, 0.2) is 12.5 Å². The number of nitrogens with zero attached hydrogens (tertiary/aromatic N) is 3. The van der Waals surface area contributed by atoms with Crippen LogP contribution in [-0.2, 0) is 11.3 Å². The average molecular weight is 303 g/mol. The zero-order valence-corrected chi connectivity index (χ0v) is 13.7. The van der Waals surface area contributed by atoms with Gasteiger partial charge in [0.15, 0.2) is 0 Å². The third kappa shape index (κ3) is 2.95. The second-order valence-corrected chi connectivity index (χ2v) is 7.70. The van der Waals surface area contributed by atoms with Gasteiger partial charge in [0.1, 0.15) is 0 Å². The van der Waals surface area contributed by atoms with E-state index >= 15 is 0 Å². The van der Waals surface area contributed by atoms with Crippen LogP contribution in [0, 0.1) is 5.41 Å². The predicted octanol–water partition coefficient (Wildman–Crippen LogP) is 3.39. The monoisotopic (exact) mass is 303 g/mol. The molecule has 0 bridgehead atoms. The van der Waals surface area contributed by atoms with Crippen molar-refractivity contribution < 1.29 is 4.74 Å². The molecule has 0 aromatic carbocycles. The highest BCUT2D eigenvalue weighted by Gasteiger charge is 2.39. The lowest BCUT2D eigenvalue weighted by Gasteiger charge is -2.39. The first-order valence-electron chi connectivity index (χ1n) is 9.16. The van der Waals surface area contributed by atoms with Gasteiger partial charge in [-0.1, -0.05) is 19.3 Å². The summed E-state index contributed by atoms with van der Waals surface area (Å²) in [7, 11) is 0. The van der Waals surface area contributed by atoms with Gasteiger partial charge < -0.3 is 9.30 Å². The third-order valence-electron chi connectivity index (χ3n) is 6.03. The maximum Gasteiger partial charge on any atom is 0.0951 e. The van der Waals surface area contributed by atoms with Crippen molar-refractivity contribution >= 4 is 0 Å². The second-order valence-electron chi connectivity index (χ2n) is 7.70. The molecule has 2 aliphatic heterocycles. The van der Waals surface area contributed by atoms with E-state index in [4.69, 9.17) is 4.74 Å². The van der Waals surface area contributed by atoms with Crippen molar-refractivity contribution in [3.8, 4) is 0 Å². The second kappa shape index (κ2) is 6.32. The van der Waals surface area contributed by atoms with E-state index in [9.17, 15) is 0 Å². The number of piperidine rings is 1. The molecule has 122 valence electrons. The van der Waals surface area contributed by atoms with Crippen LogP contribution < -0.4 is 0 Å². The zero-order chi connectivity index (χ0) is 14.8. The number of hydrogen-bond acceptors (Lipinski definition) is 3. The van der Waals surface area contributed by atoms with E-state index in [0.717, 1.165) is 19.8 Å². The van der Waals surface area contributed by atoms with E-state index in [1.54, 1.807) is 0 Å². The van der Waals surface area contributed by atoms with Crippen molar-refractivity contribution in [2.75, 3.05) is 26.3 Å². The van der Waals surface area contributed by atoms with Gasteiger partial charge in [0, 0.05) is 37.4 Å². The summed E-state index contributed by atoms with van der Waals surface area (Å²) in [6, 6.07) is 0.694. The molecule has 1 aromatic rings. The summed E-state index contributed by atoms with van der Waals surface area (Å²) in [5.74, 6) is 0. The number of ether oxygens (including phenoxy) is 1. The first kappa shape index (κ1) is 14.7. The summed E-state index contributed by atoms with van der Waals surface area (Å²) < 4.78 is 8.17. The van der Waals surface area contributed by atoms with Crippen molar-refractivity contribution in [2.24, 2.45) is 5.41 Å². The molecule has 3 heterocycles. The molecule has 1 aliphatic carbocycles. The minimum atomic E-state index is 0.452. The Kier molecular flexibility index (Phi) is 4.23. The summed E-state index contributed by atoms with van der Waals surface area (Å²) in [4.78, 5) is 7.11. The number of imidazole rings is 1. The third-order valence-corrected chi connectivity index (χ3v) is 6.03. The van der Waals surface area contributed by atoms with Gasteiger partial charge in [-0.3, -0.25) is 4.90 Å². The van der Waals surface area contributed by atoms with Crippen molar-refractivity contribution in [1.29, 1.82) is 0 Å². The lowest BCUT2D eigenvalue weighted by atomic mass is 9.79. The highest BCUT2D eigenvalue weighted by molar-refractivity contribution is 5.02. The molecular formula is C18H29N3O. The Morgan fingerprint density at radius 3 is 2.91 bits per heavy atom. The molecule has 0 amide bonds. The van der Waals surface area contributed by atoms with Crippen LogP contribution in [0.2, 0.25) is 0 Å². The first-order valence-corrected chi connectivity index (χ1v) is 9.16.